The third kappa shape index (κ3) is 1.62. The first-order valence-corrected chi connectivity index (χ1v) is 5.59. The molecule has 0 aromatic carbocycles. The van der Waals surface area contributed by atoms with E-state index >= 15 is 0 Å². The monoisotopic (exact) mass is 211 g/mol. The molecule has 2 fully saturated rings. The minimum atomic E-state index is -0.719. The molecule has 0 bridgehead atoms. The molecule has 84 valence electrons. The Hall–Kier alpha value is -1.06. The van der Waals surface area contributed by atoms with Crippen molar-refractivity contribution in [2.75, 3.05) is 13.7 Å². The van der Waals surface area contributed by atoms with Gasteiger partial charge in [-0.1, -0.05) is 12.8 Å². The van der Waals surface area contributed by atoms with Crippen LogP contribution in [0.25, 0.3) is 0 Å². The normalized spacial score (nSPS) is 23.4. The zero-order chi connectivity index (χ0) is 10.9. The minimum Gasteiger partial charge on any atom is -0.462 e. The summed E-state index contributed by atoms with van der Waals surface area (Å²) in [7, 11) is 1.26. The molecule has 2 aliphatic rings. The predicted molar refractivity (Wildman–Crippen MR) is 54.2 cm³/mol. The van der Waals surface area contributed by atoms with Gasteiger partial charge in [0.05, 0.1) is 7.11 Å². The van der Waals surface area contributed by atoms with Gasteiger partial charge in [0.1, 0.15) is 0 Å². The molecule has 0 N–H and O–H groups in total. The van der Waals surface area contributed by atoms with Gasteiger partial charge in [0, 0.05) is 12.1 Å². The van der Waals surface area contributed by atoms with Crippen LogP contribution in [0, 0.1) is 0 Å². The van der Waals surface area contributed by atoms with E-state index in [0.29, 0.717) is 6.54 Å². The number of esters is 1. The van der Waals surface area contributed by atoms with E-state index in [4.69, 9.17) is 0 Å². The van der Waals surface area contributed by atoms with Crippen molar-refractivity contribution < 1.29 is 14.3 Å². The molecule has 2 rings (SSSR count). The maximum atomic E-state index is 11.8. The van der Waals surface area contributed by atoms with Gasteiger partial charge in [0.25, 0.3) is 0 Å². The summed E-state index contributed by atoms with van der Waals surface area (Å²) in [4.78, 5) is 24.8. The van der Waals surface area contributed by atoms with E-state index in [9.17, 15) is 9.59 Å². The van der Waals surface area contributed by atoms with Gasteiger partial charge in [-0.3, -0.25) is 4.79 Å². The molecule has 1 amide bonds. The van der Waals surface area contributed by atoms with Crippen LogP contribution in [0.3, 0.4) is 0 Å². The van der Waals surface area contributed by atoms with Crippen LogP contribution in [-0.2, 0) is 14.3 Å². The number of carbonyl (C=O) groups excluding carboxylic acids is 2. The molecule has 1 spiro atoms. The van der Waals surface area contributed by atoms with Crippen molar-refractivity contribution in [3.8, 4) is 0 Å². The lowest BCUT2D eigenvalue weighted by Crippen LogP contribution is -2.48. The topological polar surface area (TPSA) is 46.6 Å². The highest BCUT2D eigenvalue weighted by Gasteiger charge is 2.46. The summed E-state index contributed by atoms with van der Waals surface area (Å²) in [6.07, 6.45) is 6.51. The molecule has 1 saturated carbocycles. The van der Waals surface area contributed by atoms with Gasteiger partial charge in [-0.25, -0.2) is 4.79 Å². The second-order valence-electron chi connectivity index (χ2n) is 4.48. The van der Waals surface area contributed by atoms with Crippen LogP contribution in [-0.4, -0.2) is 36.0 Å². The number of hydrogen-bond donors (Lipinski definition) is 0. The van der Waals surface area contributed by atoms with Gasteiger partial charge in [0.2, 0.25) is 0 Å². The summed E-state index contributed by atoms with van der Waals surface area (Å²) in [5, 5.41) is 0. The van der Waals surface area contributed by atoms with Gasteiger partial charge in [-0.2, -0.15) is 0 Å². The van der Waals surface area contributed by atoms with Gasteiger partial charge in [0.15, 0.2) is 0 Å². The highest BCUT2D eigenvalue weighted by atomic mass is 16.5. The van der Waals surface area contributed by atoms with E-state index in [1.54, 1.807) is 4.90 Å². The number of hydrogen-bond acceptors (Lipinski definition) is 3. The molecule has 1 saturated heterocycles. The fourth-order valence-electron chi connectivity index (χ4n) is 3.01. The summed E-state index contributed by atoms with van der Waals surface area (Å²) in [6, 6.07) is 0. The van der Waals surface area contributed by atoms with Gasteiger partial charge < -0.3 is 9.64 Å². The summed E-state index contributed by atoms with van der Waals surface area (Å²) in [6.45, 7) is 0.716. The van der Waals surface area contributed by atoms with Crippen LogP contribution >= 0.6 is 0 Å². The molecule has 0 unspecified atom stereocenters. The number of carbonyl (C=O) groups is 2. The van der Waals surface area contributed by atoms with Crippen LogP contribution in [0.4, 0.5) is 0 Å². The first-order valence-electron chi connectivity index (χ1n) is 5.59. The SMILES string of the molecule is COC(=O)C(=O)N1CCCC12CCCC2. The van der Waals surface area contributed by atoms with E-state index in [1.165, 1.54) is 20.0 Å². The quantitative estimate of drug-likeness (QED) is 0.445. The maximum absolute atomic E-state index is 11.8. The van der Waals surface area contributed by atoms with Crippen LogP contribution in [0.5, 0.6) is 0 Å². The third-order valence-corrected chi connectivity index (χ3v) is 3.74. The van der Waals surface area contributed by atoms with Crippen molar-refractivity contribution in [2.45, 2.75) is 44.1 Å². The van der Waals surface area contributed by atoms with Crippen molar-refractivity contribution in [2.24, 2.45) is 0 Å². The number of amides is 1. The molecule has 1 heterocycles. The third-order valence-electron chi connectivity index (χ3n) is 3.74. The largest absolute Gasteiger partial charge is 0.462 e. The van der Waals surface area contributed by atoms with Crippen LogP contribution < -0.4 is 0 Å². The maximum Gasteiger partial charge on any atom is 0.396 e. The Morgan fingerprint density at radius 1 is 1.13 bits per heavy atom. The van der Waals surface area contributed by atoms with Crippen LogP contribution in [0.2, 0.25) is 0 Å². The van der Waals surface area contributed by atoms with Crippen molar-refractivity contribution >= 4 is 11.9 Å². The van der Waals surface area contributed by atoms with Crippen molar-refractivity contribution in [1.82, 2.24) is 4.90 Å². The number of ether oxygens (including phenoxy) is 1. The minimum absolute atomic E-state index is 0.00866. The Labute approximate surface area is 89.6 Å². The Kier molecular flexibility index (Phi) is 2.67. The molecule has 4 heteroatoms. The standard InChI is InChI=1S/C11H17NO3/c1-15-10(14)9(13)12-8-4-7-11(12)5-2-3-6-11/h2-8H2,1H3. The molecular weight excluding hydrogens is 194 g/mol. The zero-order valence-corrected chi connectivity index (χ0v) is 9.12. The van der Waals surface area contributed by atoms with Crippen molar-refractivity contribution in [3.63, 3.8) is 0 Å². The number of rotatable bonds is 0. The average Bonchev–Trinajstić information content (AvgIpc) is 2.87. The van der Waals surface area contributed by atoms with Crippen LogP contribution in [0.1, 0.15) is 38.5 Å². The summed E-state index contributed by atoms with van der Waals surface area (Å²) in [5.74, 6) is -1.17. The highest BCUT2D eigenvalue weighted by Crippen LogP contribution is 2.43. The number of likely N-dealkylation sites (tertiary alicyclic amines) is 1. The van der Waals surface area contributed by atoms with Crippen LogP contribution in [0.15, 0.2) is 0 Å². The second kappa shape index (κ2) is 3.83. The molecule has 0 radical (unpaired) electrons. The van der Waals surface area contributed by atoms with Crippen molar-refractivity contribution in [1.29, 1.82) is 0 Å². The molecule has 15 heavy (non-hydrogen) atoms. The van der Waals surface area contributed by atoms with Crippen molar-refractivity contribution in [3.05, 3.63) is 0 Å². The molecule has 0 aromatic rings. The Morgan fingerprint density at radius 2 is 1.73 bits per heavy atom. The van der Waals surface area contributed by atoms with Gasteiger partial charge in [-0.05, 0) is 25.7 Å². The predicted octanol–water partition coefficient (Wildman–Crippen LogP) is 1.09. The van der Waals surface area contributed by atoms with E-state index < -0.39 is 11.9 Å². The first kappa shape index (κ1) is 10.5. The lowest BCUT2D eigenvalue weighted by molar-refractivity contribution is -0.160. The Bertz CT molecular complexity index is 276. The molecule has 0 atom stereocenters. The lowest BCUT2D eigenvalue weighted by Gasteiger charge is -2.34. The molecule has 1 aliphatic heterocycles. The number of nitrogens with zero attached hydrogens (tertiary/aromatic N) is 1. The van der Waals surface area contributed by atoms with E-state index in [0.717, 1.165) is 25.7 Å². The Morgan fingerprint density at radius 3 is 2.33 bits per heavy atom. The zero-order valence-electron chi connectivity index (χ0n) is 9.12. The summed E-state index contributed by atoms with van der Waals surface area (Å²) >= 11 is 0. The fourth-order valence-corrected chi connectivity index (χ4v) is 3.01. The van der Waals surface area contributed by atoms with E-state index in [2.05, 4.69) is 4.74 Å². The highest BCUT2D eigenvalue weighted by molar-refractivity contribution is 6.32. The number of methoxy groups -OCH3 is 1. The van der Waals surface area contributed by atoms with Gasteiger partial charge in [-0.15, -0.1) is 0 Å². The first-order chi connectivity index (χ1) is 7.19. The van der Waals surface area contributed by atoms with E-state index in [-0.39, 0.29) is 5.54 Å². The second-order valence-corrected chi connectivity index (χ2v) is 4.48. The fraction of sp³-hybridized carbons (Fsp3) is 0.818. The molecule has 1 aliphatic carbocycles. The van der Waals surface area contributed by atoms with Gasteiger partial charge >= 0.3 is 11.9 Å². The van der Waals surface area contributed by atoms with E-state index in [1.807, 2.05) is 0 Å². The Balaban J connectivity index is 2.14. The molecule has 4 nitrogen and oxygen atoms in total. The lowest BCUT2D eigenvalue weighted by atomic mass is 9.94. The summed E-state index contributed by atoms with van der Waals surface area (Å²) in [5.41, 5.74) is -0.00866. The molecule has 0 aromatic heterocycles. The smallest absolute Gasteiger partial charge is 0.396 e. The summed E-state index contributed by atoms with van der Waals surface area (Å²) < 4.78 is 4.50. The average molecular weight is 211 g/mol. The molecular formula is C11H17NO3.